The number of nitrogens with zero attached hydrogens (tertiary/aromatic N) is 1. The quantitative estimate of drug-likeness (QED) is 0.760. The van der Waals surface area contributed by atoms with Crippen LogP contribution < -0.4 is 4.74 Å². The zero-order chi connectivity index (χ0) is 17.6. The minimum Gasteiger partial charge on any atom is -0.497 e. The van der Waals surface area contributed by atoms with Crippen molar-refractivity contribution in [3.8, 4) is 5.75 Å². The molecule has 7 heteroatoms. The van der Waals surface area contributed by atoms with E-state index in [9.17, 15) is 8.42 Å². The van der Waals surface area contributed by atoms with Crippen LogP contribution in [-0.4, -0.2) is 31.4 Å². The third-order valence-electron chi connectivity index (χ3n) is 4.60. The molecule has 1 aliphatic heterocycles. The zero-order valence-electron chi connectivity index (χ0n) is 13.6. The van der Waals surface area contributed by atoms with Crippen LogP contribution in [0.5, 0.6) is 5.75 Å². The minimum atomic E-state index is -3.55. The van der Waals surface area contributed by atoms with Crippen LogP contribution in [0.1, 0.15) is 11.3 Å². The number of H-pyrrole nitrogens is 1. The van der Waals surface area contributed by atoms with Crippen molar-refractivity contribution in [2.45, 2.75) is 17.9 Å². The molecule has 1 aliphatic rings. The van der Waals surface area contributed by atoms with Crippen LogP contribution in [0, 0.1) is 0 Å². The Kier molecular flexibility index (Phi) is 3.98. The lowest BCUT2D eigenvalue weighted by atomic mass is 10.1. The van der Waals surface area contributed by atoms with Crippen molar-refractivity contribution in [3.05, 3.63) is 58.7 Å². The van der Waals surface area contributed by atoms with Gasteiger partial charge >= 0.3 is 0 Å². The molecule has 0 saturated carbocycles. The van der Waals surface area contributed by atoms with E-state index >= 15 is 0 Å². The van der Waals surface area contributed by atoms with Gasteiger partial charge in [0.15, 0.2) is 0 Å². The molecule has 2 aromatic carbocycles. The average Bonchev–Trinajstić information content (AvgIpc) is 2.99. The molecule has 0 spiro atoms. The van der Waals surface area contributed by atoms with E-state index in [1.54, 1.807) is 31.4 Å². The number of nitrogens with one attached hydrogen (secondary N) is 1. The van der Waals surface area contributed by atoms with Crippen LogP contribution in [0.15, 0.2) is 47.4 Å². The van der Waals surface area contributed by atoms with Crippen LogP contribution in [0.4, 0.5) is 0 Å². The van der Waals surface area contributed by atoms with Gasteiger partial charge in [-0.3, -0.25) is 0 Å². The first-order chi connectivity index (χ1) is 12.0. The smallest absolute Gasteiger partial charge is 0.243 e. The van der Waals surface area contributed by atoms with Crippen molar-refractivity contribution in [3.63, 3.8) is 0 Å². The van der Waals surface area contributed by atoms with Gasteiger partial charge in [0.25, 0.3) is 0 Å². The third-order valence-corrected chi connectivity index (χ3v) is 6.71. The molecule has 130 valence electrons. The van der Waals surface area contributed by atoms with Crippen LogP contribution in [0.3, 0.4) is 0 Å². The largest absolute Gasteiger partial charge is 0.497 e. The van der Waals surface area contributed by atoms with Gasteiger partial charge in [0, 0.05) is 41.1 Å². The molecule has 0 bridgehead atoms. The fourth-order valence-electron chi connectivity index (χ4n) is 3.26. The van der Waals surface area contributed by atoms with Crippen LogP contribution in [-0.2, 0) is 23.0 Å². The molecule has 0 atom stereocenters. The van der Waals surface area contributed by atoms with Gasteiger partial charge in [-0.2, -0.15) is 4.31 Å². The van der Waals surface area contributed by atoms with Crippen LogP contribution >= 0.6 is 11.6 Å². The summed E-state index contributed by atoms with van der Waals surface area (Å²) >= 11 is 5.87. The normalized spacial score (nSPS) is 15.3. The molecule has 4 rings (SSSR count). The Balaban J connectivity index is 1.73. The number of methoxy groups -OCH3 is 1. The Bertz CT molecular complexity index is 1040. The SMILES string of the molecule is COc1ccc2[nH]c3c(c2c1)CN(S(=O)(=O)c1ccc(Cl)cc1)CC3. The van der Waals surface area contributed by atoms with E-state index in [0.29, 0.717) is 24.5 Å². The fraction of sp³-hybridized carbons (Fsp3) is 0.222. The Hall–Kier alpha value is -2.02. The average molecular weight is 377 g/mol. The number of hydrogen-bond acceptors (Lipinski definition) is 3. The number of hydrogen-bond donors (Lipinski definition) is 1. The number of benzene rings is 2. The number of halogens is 1. The first-order valence-corrected chi connectivity index (χ1v) is 9.74. The van der Waals surface area contributed by atoms with Gasteiger partial charge in [0.05, 0.1) is 12.0 Å². The summed E-state index contributed by atoms with van der Waals surface area (Å²) in [5.41, 5.74) is 3.10. The molecule has 0 radical (unpaired) electrons. The predicted octanol–water partition coefficient (Wildman–Crippen LogP) is 3.58. The molecule has 0 amide bonds. The molecule has 0 unspecified atom stereocenters. The van der Waals surface area contributed by atoms with Gasteiger partial charge in [0.2, 0.25) is 10.0 Å². The second kappa shape index (κ2) is 6.05. The second-order valence-electron chi connectivity index (χ2n) is 6.04. The summed E-state index contributed by atoms with van der Waals surface area (Å²) in [5.74, 6) is 0.756. The zero-order valence-corrected chi connectivity index (χ0v) is 15.2. The van der Waals surface area contributed by atoms with Gasteiger partial charge in [-0.05, 0) is 48.0 Å². The van der Waals surface area contributed by atoms with Gasteiger partial charge in [-0.25, -0.2) is 8.42 Å². The molecule has 1 N–H and O–H groups in total. The summed E-state index contributed by atoms with van der Waals surface area (Å²) < 4.78 is 32.7. The Labute approximate surface area is 151 Å². The highest BCUT2D eigenvalue weighted by atomic mass is 35.5. The maximum atomic E-state index is 12.9. The topological polar surface area (TPSA) is 62.4 Å². The Morgan fingerprint density at radius 1 is 1.16 bits per heavy atom. The highest BCUT2D eigenvalue weighted by Crippen LogP contribution is 2.32. The molecule has 5 nitrogen and oxygen atoms in total. The third kappa shape index (κ3) is 2.80. The Morgan fingerprint density at radius 2 is 1.92 bits per heavy atom. The van der Waals surface area contributed by atoms with Crippen molar-refractivity contribution in [2.75, 3.05) is 13.7 Å². The lowest BCUT2D eigenvalue weighted by Gasteiger charge is -2.26. The molecule has 25 heavy (non-hydrogen) atoms. The van der Waals surface area contributed by atoms with Crippen molar-refractivity contribution in [2.24, 2.45) is 0 Å². The summed E-state index contributed by atoms with van der Waals surface area (Å²) in [5, 5.41) is 1.52. The predicted molar refractivity (Wildman–Crippen MR) is 97.6 cm³/mol. The second-order valence-corrected chi connectivity index (χ2v) is 8.41. The summed E-state index contributed by atoms with van der Waals surface area (Å²) in [6.07, 6.45) is 0.652. The summed E-state index contributed by atoms with van der Waals surface area (Å²) in [7, 11) is -1.93. The van der Waals surface area contributed by atoms with Crippen molar-refractivity contribution in [1.29, 1.82) is 0 Å². The standard InChI is InChI=1S/C18H17ClN2O3S/c1-24-13-4-7-17-15(10-13)16-11-21(9-8-18(16)20-17)25(22,23)14-5-2-12(19)3-6-14/h2-7,10,20H,8-9,11H2,1H3. The highest BCUT2D eigenvalue weighted by Gasteiger charge is 2.30. The lowest BCUT2D eigenvalue weighted by molar-refractivity contribution is 0.391. The molecular formula is C18H17ClN2O3S. The molecule has 2 heterocycles. The molecule has 0 saturated heterocycles. The monoisotopic (exact) mass is 376 g/mol. The number of aromatic amines is 1. The molecule has 1 aromatic heterocycles. The van der Waals surface area contributed by atoms with E-state index in [2.05, 4.69) is 4.98 Å². The van der Waals surface area contributed by atoms with Gasteiger partial charge in [0.1, 0.15) is 5.75 Å². The minimum absolute atomic E-state index is 0.262. The van der Waals surface area contributed by atoms with E-state index in [1.165, 1.54) is 4.31 Å². The molecule has 3 aromatic rings. The van der Waals surface area contributed by atoms with Gasteiger partial charge in [-0.1, -0.05) is 11.6 Å². The van der Waals surface area contributed by atoms with E-state index in [4.69, 9.17) is 16.3 Å². The van der Waals surface area contributed by atoms with E-state index < -0.39 is 10.0 Å². The first-order valence-electron chi connectivity index (χ1n) is 7.92. The van der Waals surface area contributed by atoms with Gasteiger partial charge in [-0.15, -0.1) is 0 Å². The van der Waals surface area contributed by atoms with Crippen molar-refractivity contribution < 1.29 is 13.2 Å². The lowest BCUT2D eigenvalue weighted by Crippen LogP contribution is -2.35. The number of rotatable bonds is 3. The van der Waals surface area contributed by atoms with E-state index in [-0.39, 0.29) is 4.90 Å². The van der Waals surface area contributed by atoms with Crippen molar-refractivity contribution in [1.82, 2.24) is 9.29 Å². The molecule has 0 fully saturated rings. The number of ether oxygens (including phenoxy) is 1. The highest BCUT2D eigenvalue weighted by molar-refractivity contribution is 7.89. The van der Waals surface area contributed by atoms with Crippen LogP contribution in [0.25, 0.3) is 10.9 Å². The fourth-order valence-corrected chi connectivity index (χ4v) is 4.79. The van der Waals surface area contributed by atoms with Crippen molar-refractivity contribution >= 4 is 32.5 Å². The van der Waals surface area contributed by atoms with E-state index in [0.717, 1.165) is 27.9 Å². The maximum absolute atomic E-state index is 12.9. The molecule has 0 aliphatic carbocycles. The Morgan fingerprint density at radius 3 is 2.64 bits per heavy atom. The molecular weight excluding hydrogens is 360 g/mol. The van der Waals surface area contributed by atoms with Crippen LogP contribution in [0.2, 0.25) is 5.02 Å². The first kappa shape index (κ1) is 16.4. The summed E-state index contributed by atoms with van der Waals surface area (Å²) in [6, 6.07) is 12.1. The number of sulfonamides is 1. The number of aromatic nitrogens is 1. The van der Waals surface area contributed by atoms with Gasteiger partial charge < -0.3 is 9.72 Å². The van der Waals surface area contributed by atoms with E-state index in [1.807, 2.05) is 18.2 Å². The maximum Gasteiger partial charge on any atom is 0.243 e. The summed E-state index contributed by atoms with van der Waals surface area (Å²) in [4.78, 5) is 3.65. The summed E-state index contributed by atoms with van der Waals surface area (Å²) in [6.45, 7) is 0.787. The number of fused-ring (bicyclic) bond motifs is 3.